The molecule has 8 heteroatoms. The Hall–Kier alpha value is -2.38. The van der Waals surface area contributed by atoms with Crippen molar-refractivity contribution < 1.29 is 23.9 Å². The van der Waals surface area contributed by atoms with Crippen molar-refractivity contribution in [3.05, 3.63) is 35.0 Å². The number of amides is 1. The number of hydrogen-bond donors (Lipinski definition) is 3. The van der Waals surface area contributed by atoms with Crippen LogP contribution in [0, 0.1) is 11.8 Å². The highest BCUT2D eigenvalue weighted by Crippen LogP contribution is 2.42. The van der Waals surface area contributed by atoms with E-state index in [0.29, 0.717) is 48.4 Å². The van der Waals surface area contributed by atoms with Gasteiger partial charge in [0.25, 0.3) is 0 Å². The minimum absolute atomic E-state index is 0.0902. The fourth-order valence-electron chi connectivity index (χ4n) is 3.12. The molecule has 1 amide bonds. The minimum Gasteiger partial charge on any atom is -0.480 e. The average Bonchev–Trinajstić information content (AvgIpc) is 3.29. The number of carboxylic acid groups (broad SMARTS) is 1. The average molecular weight is 393 g/mol. The SMILES string of the molecule is N[C@@H](CCCCNC(=O)[C@H]1C[C@@H]1C(=O)c1cc(Cl)c2occc2c1)C(=O)O. The Bertz CT molecular complexity index is 878. The van der Waals surface area contributed by atoms with Gasteiger partial charge in [0.1, 0.15) is 6.04 Å². The van der Waals surface area contributed by atoms with Crippen LogP contribution in [-0.2, 0) is 9.59 Å². The van der Waals surface area contributed by atoms with Gasteiger partial charge in [-0.25, -0.2) is 0 Å². The summed E-state index contributed by atoms with van der Waals surface area (Å²) in [6, 6.07) is 4.18. The van der Waals surface area contributed by atoms with Gasteiger partial charge in [0.2, 0.25) is 5.91 Å². The molecule has 1 aromatic carbocycles. The number of fused-ring (bicyclic) bond motifs is 1. The quantitative estimate of drug-likeness (QED) is 0.445. The van der Waals surface area contributed by atoms with Crippen LogP contribution in [0.1, 0.15) is 36.0 Å². The third-order valence-corrected chi connectivity index (χ3v) is 5.09. The molecule has 0 bridgehead atoms. The Morgan fingerprint density at radius 3 is 2.81 bits per heavy atom. The summed E-state index contributed by atoms with van der Waals surface area (Å²) in [5.74, 6) is -1.91. The van der Waals surface area contributed by atoms with Crippen LogP contribution in [0.15, 0.2) is 28.9 Å². The van der Waals surface area contributed by atoms with E-state index in [2.05, 4.69) is 5.32 Å². The molecule has 4 N–H and O–H groups in total. The van der Waals surface area contributed by atoms with Crippen LogP contribution < -0.4 is 11.1 Å². The van der Waals surface area contributed by atoms with Crippen LogP contribution >= 0.6 is 11.6 Å². The third kappa shape index (κ3) is 4.48. The van der Waals surface area contributed by atoms with Crippen LogP contribution in [0.5, 0.6) is 0 Å². The number of ketones is 1. The van der Waals surface area contributed by atoms with Crippen molar-refractivity contribution in [2.75, 3.05) is 6.54 Å². The van der Waals surface area contributed by atoms with Gasteiger partial charge in [0.15, 0.2) is 11.4 Å². The van der Waals surface area contributed by atoms with Crippen LogP contribution in [-0.4, -0.2) is 35.4 Å². The molecule has 1 fully saturated rings. The molecular formula is C19H21ClN2O5. The molecule has 3 rings (SSSR count). The summed E-state index contributed by atoms with van der Waals surface area (Å²) in [5.41, 5.74) is 6.45. The van der Waals surface area contributed by atoms with Crippen molar-refractivity contribution in [1.82, 2.24) is 5.32 Å². The van der Waals surface area contributed by atoms with Crippen molar-refractivity contribution in [1.29, 1.82) is 0 Å². The van der Waals surface area contributed by atoms with E-state index in [1.807, 2.05) is 0 Å². The third-order valence-electron chi connectivity index (χ3n) is 4.81. The Morgan fingerprint density at radius 2 is 2.07 bits per heavy atom. The number of hydrogen-bond acceptors (Lipinski definition) is 5. The van der Waals surface area contributed by atoms with Crippen molar-refractivity contribution in [2.45, 2.75) is 31.7 Å². The summed E-state index contributed by atoms with van der Waals surface area (Å²) < 4.78 is 5.26. The Labute approximate surface area is 160 Å². The summed E-state index contributed by atoms with van der Waals surface area (Å²) in [4.78, 5) is 35.4. The summed E-state index contributed by atoms with van der Waals surface area (Å²) >= 11 is 6.14. The highest BCUT2D eigenvalue weighted by atomic mass is 35.5. The number of carbonyl (C=O) groups excluding carboxylic acids is 2. The number of Topliss-reactive ketones (excluding diaryl/α,β-unsaturated/α-hetero) is 1. The summed E-state index contributed by atoms with van der Waals surface area (Å²) in [6.45, 7) is 0.440. The molecule has 7 nitrogen and oxygen atoms in total. The summed E-state index contributed by atoms with van der Waals surface area (Å²) in [7, 11) is 0. The van der Waals surface area contributed by atoms with E-state index in [4.69, 9.17) is 26.9 Å². The van der Waals surface area contributed by atoms with Gasteiger partial charge < -0.3 is 20.6 Å². The second kappa shape index (κ2) is 8.10. The Morgan fingerprint density at radius 1 is 1.30 bits per heavy atom. The fraction of sp³-hybridized carbons (Fsp3) is 0.421. The first-order valence-electron chi connectivity index (χ1n) is 8.85. The molecule has 144 valence electrons. The van der Waals surface area contributed by atoms with Gasteiger partial charge >= 0.3 is 5.97 Å². The summed E-state index contributed by atoms with van der Waals surface area (Å²) in [6.07, 6.45) is 3.67. The molecule has 0 spiro atoms. The number of nitrogens with two attached hydrogens (primary N) is 1. The highest BCUT2D eigenvalue weighted by molar-refractivity contribution is 6.35. The molecular weight excluding hydrogens is 372 g/mol. The van der Waals surface area contributed by atoms with Gasteiger partial charge in [0.05, 0.1) is 11.3 Å². The smallest absolute Gasteiger partial charge is 0.320 e. The van der Waals surface area contributed by atoms with E-state index >= 15 is 0 Å². The standard InChI is InChI=1S/C19H21ClN2O5/c20-14-8-11(7-10-4-6-27-17(10)14)16(23)12-9-13(12)18(24)22-5-2-1-3-15(21)19(25)26/h4,6-8,12-13,15H,1-3,5,9,21H2,(H,22,24)(H,25,26)/t12-,13-,15-/m0/s1. The second-order valence-corrected chi connectivity index (χ2v) is 7.25. The maximum absolute atomic E-state index is 12.6. The molecule has 1 heterocycles. The minimum atomic E-state index is -1.02. The lowest BCUT2D eigenvalue weighted by molar-refractivity contribution is -0.138. The number of furan rings is 1. The van der Waals surface area contributed by atoms with Gasteiger partial charge in [-0.05, 0) is 43.9 Å². The van der Waals surface area contributed by atoms with Crippen LogP contribution in [0.4, 0.5) is 0 Å². The molecule has 0 radical (unpaired) electrons. The molecule has 0 saturated heterocycles. The first kappa shape index (κ1) is 19.4. The number of benzene rings is 1. The number of rotatable bonds is 9. The highest BCUT2D eigenvalue weighted by Gasteiger charge is 2.47. The normalized spacial score (nSPS) is 19.6. The van der Waals surface area contributed by atoms with Gasteiger partial charge in [0, 0.05) is 29.3 Å². The zero-order chi connectivity index (χ0) is 19.6. The van der Waals surface area contributed by atoms with Crippen molar-refractivity contribution >= 4 is 40.2 Å². The van der Waals surface area contributed by atoms with Crippen LogP contribution in [0.25, 0.3) is 11.0 Å². The maximum atomic E-state index is 12.6. The Balaban J connectivity index is 1.46. The monoisotopic (exact) mass is 392 g/mol. The number of carboxylic acids is 1. The number of nitrogens with one attached hydrogen (secondary N) is 1. The van der Waals surface area contributed by atoms with Gasteiger partial charge in [-0.1, -0.05) is 11.6 Å². The first-order chi connectivity index (χ1) is 12.9. The van der Waals surface area contributed by atoms with E-state index in [1.165, 1.54) is 6.26 Å². The zero-order valence-corrected chi connectivity index (χ0v) is 15.4. The van der Waals surface area contributed by atoms with Gasteiger partial charge in [-0.2, -0.15) is 0 Å². The molecule has 3 atom stereocenters. The van der Waals surface area contributed by atoms with Crippen molar-refractivity contribution in [2.24, 2.45) is 17.6 Å². The number of unbranched alkanes of at least 4 members (excludes halogenated alkanes) is 1. The van der Waals surface area contributed by atoms with Crippen LogP contribution in [0.2, 0.25) is 5.02 Å². The van der Waals surface area contributed by atoms with Crippen LogP contribution in [0.3, 0.4) is 0 Å². The maximum Gasteiger partial charge on any atom is 0.320 e. The van der Waals surface area contributed by atoms with E-state index < -0.39 is 12.0 Å². The molecule has 1 aliphatic rings. The molecule has 1 aromatic heterocycles. The lowest BCUT2D eigenvalue weighted by Gasteiger charge is -2.07. The first-order valence-corrected chi connectivity index (χ1v) is 9.23. The van der Waals surface area contributed by atoms with E-state index in [1.54, 1.807) is 18.2 Å². The number of aliphatic carboxylic acids is 1. The van der Waals surface area contributed by atoms with E-state index in [9.17, 15) is 14.4 Å². The largest absolute Gasteiger partial charge is 0.480 e. The lowest BCUT2D eigenvalue weighted by atomic mass is 10.0. The number of halogens is 1. The molecule has 0 unspecified atom stereocenters. The van der Waals surface area contributed by atoms with Crippen molar-refractivity contribution in [3.63, 3.8) is 0 Å². The second-order valence-electron chi connectivity index (χ2n) is 6.84. The predicted octanol–water partition coefficient (Wildman–Crippen LogP) is 2.60. The van der Waals surface area contributed by atoms with Gasteiger partial charge in [-0.3, -0.25) is 14.4 Å². The zero-order valence-electron chi connectivity index (χ0n) is 14.6. The predicted molar refractivity (Wildman–Crippen MR) is 99.6 cm³/mol. The molecule has 0 aliphatic heterocycles. The molecule has 2 aromatic rings. The number of carbonyl (C=O) groups is 3. The van der Waals surface area contributed by atoms with E-state index in [-0.39, 0.29) is 23.5 Å². The Kier molecular flexibility index (Phi) is 5.82. The topological polar surface area (TPSA) is 123 Å². The van der Waals surface area contributed by atoms with Gasteiger partial charge in [-0.15, -0.1) is 0 Å². The van der Waals surface area contributed by atoms with E-state index in [0.717, 1.165) is 5.39 Å². The molecule has 27 heavy (non-hydrogen) atoms. The molecule has 1 saturated carbocycles. The fourth-order valence-corrected chi connectivity index (χ4v) is 3.40. The summed E-state index contributed by atoms with van der Waals surface area (Å²) in [5, 5.41) is 12.6. The van der Waals surface area contributed by atoms with Crippen molar-refractivity contribution in [3.8, 4) is 0 Å². The molecule has 1 aliphatic carbocycles. The lowest BCUT2D eigenvalue weighted by Crippen LogP contribution is -2.30.